The first-order valence-electron chi connectivity index (χ1n) is 8.79. The molecule has 4 heterocycles. The van der Waals surface area contributed by atoms with Gasteiger partial charge in [-0.25, -0.2) is 15.0 Å². The van der Waals surface area contributed by atoms with Gasteiger partial charge in [-0.2, -0.15) is 4.39 Å². The van der Waals surface area contributed by atoms with E-state index in [0.29, 0.717) is 0 Å². The fraction of sp³-hybridized carbons (Fsp3) is 0.500. The molecular formula is C18H22FN5OS. The van der Waals surface area contributed by atoms with Crippen LogP contribution in [0.5, 0.6) is 0 Å². The lowest BCUT2D eigenvalue weighted by Crippen LogP contribution is -2.50. The average molecular weight is 375 g/mol. The summed E-state index contributed by atoms with van der Waals surface area (Å²) in [6, 6.07) is 3.25. The Hall–Kier alpha value is -1.77. The van der Waals surface area contributed by atoms with Crippen LogP contribution in [-0.4, -0.2) is 46.8 Å². The molecule has 0 aliphatic carbocycles. The number of anilines is 1. The topological polar surface area (TPSA) is 77.2 Å². The van der Waals surface area contributed by atoms with Crippen LogP contribution in [0.2, 0.25) is 0 Å². The fourth-order valence-electron chi connectivity index (χ4n) is 3.75. The predicted molar refractivity (Wildman–Crippen MR) is 97.6 cm³/mol. The molecule has 0 amide bonds. The average Bonchev–Trinajstić information content (AvgIpc) is 2.92. The molecule has 0 aromatic carbocycles. The van der Waals surface area contributed by atoms with Crippen molar-refractivity contribution in [3.63, 3.8) is 0 Å². The van der Waals surface area contributed by atoms with Gasteiger partial charge >= 0.3 is 0 Å². The molecule has 0 saturated carbocycles. The maximum atomic E-state index is 13.2. The zero-order chi connectivity index (χ0) is 18.1. The Kier molecular flexibility index (Phi) is 4.81. The van der Waals surface area contributed by atoms with Crippen molar-refractivity contribution in [3.05, 3.63) is 36.7 Å². The van der Waals surface area contributed by atoms with E-state index in [4.69, 9.17) is 10.5 Å². The highest BCUT2D eigenvalue weighted by Gasteiger charge is 2.47. The van der Waals surface area contributed by atoms with Crippen LogP contribution in [0.4, 0.5) is 10.2 Å². The molecule has 0 radical (unpaired) electrons. The van der Waals surface area contributed by atoms with E-state index in [0.717, 1.165) is 48.3 Å². The first kappa shape index (κ1) is 17.6. The highest BCUT2D eigenvalue weighted by molar-refractivity contribution is 7.99. The maximum Gasteiger partial charge on any atom is 0.213 e. The van der Waals surface area contributed by atoms with Gasteiger partial charge in [-0.3, -0.25) is 0 Å². The maximum absolute atomic E-state index is 13.2. The van der Waals surface area contributed by atoms with Crippen molar-refractivity contribution in [1.29, 1.82) is 0 Å². The van der Waals surface area contributed by atoms with E-state index in [9.17, 15) is 4.39 Å². The molecule has 4 rings (SSSR count). The highest BCUT2D eigenvalue weighted by Crippen LogP contribution is 2.41. The third kappa shape index (κ3) is 3.41. The van der Waals surface area contributed by atoms with Crippen molar-refractivity contribution in [3.8, 4) is 0 Å². The summed E-state index contributed by atoms with van der Waals surface area (Å²) in [5.74, 6) is 0.371. The van der Waals surface area contributed by atoms with Gasteiger partial charge in [0.05, 0.1) is 25.1 Å². The Morgan fingerprint density at radius 3 is 2.69 bits per heavy atom. The molecule has 2 aromatic rings. The quantitative estimate of drug-likeness (QED) is 0.826. The first-order valence-corrected chi connectivity index (χ1v) is 9.61. The second kappa shape index (κ2) is 7.09. The summed E-state index contributed by atoms with van der Waals surface area (Å²) in [5.41, 5.74) is 6.47. The van der Waals surface area contributed by atoms with Crippen molar-refractivity contribution >= 4 is 17.6 Å². The van der Waals surface area contributed by atoms with E-state index in [2.05, 4.69) is 26.8 Å². The molecule has 6 nitrogen and oxygen atoms in total. The molecule has 2 aliphatic rings. The van der Waals surface area contributed by atoms with Gasteiger partial charge in [0, 0.05) is 41.7 Å². The number of pyridine rings is 1. The molecule has 0 bridgehead atoms. The van der Waals surface area contributed by atoms with E-state index in [1.54, 1.807) is 18.5 Å². The SMILES string of the molecule is C[C@@H]1OCC2(CCN(c3cnc(Sc4ccnc(F)c4)cn3)CC2)[C@@H]1N. The molecule has 1 spiro atoms. The van der Waals surface area contributed by atoms with Crippen LogP contribution in [0.25, 0.3) is 0 Å². The lowest BCUT2D eigenvalue weighted by molar-refractivity contribution is 0.0974. The number of hydrogen-bond donors (Lipinski definition) is 1. The smallest absolute Gasteiger partial charge is 0.213 e. The molecule has 2 aromatic heterocycles. The van der Waals surface area contributed by atoms with E-state index in [1.807, 2.05) is 0 Å². The number of ether oxygens (including phenoxy) is 1. The summed E-state index contributed by atoms with van der Waals surface area (Å²) < 4.78 is 18.9. The van der Waals surface area contributed by atoms with Crippen molar-refractivity contribution < 1.29 is 9.13 Å². The molecule has 2 atom stereocenters. The number of piperidine rings is 1. The van der Waals surface area contributed by atoms with Crippen LogP contribution in [0.3, 0.4) is 0 Å². The van der Waals surface area contributed by atoms with Gasteiger partial charge in [-0.05, 0) is 25.8 Å². The van der Waals surface area contributed by atoms with E-state index >= 15 is 0 Å². The Morgan fingerprint density at radius 1 is 1.27 bits per heavy atom. The third-order valence-electron chi connectivity index (χ3n) is 5.46. The molecule has 2 N–H and O–H groups in total. The molecule has 8 heteroatoms. The van der Waals surface area contributed by atoms with Gasteiger partial charge in [0.15, 0.2) is 0 Å². The van der Waals surface area contributed by atoms with Crippen LogP contribution >= 0.6 is 11.8 Å². The Labute approximate surface area is 156 Å². The molecular weight excluding hydrogens is 353 g/mol. The van der Waals surface area contributed by atoms with E-state index in [1.165, 1.54) is 24.0 Å². The summed E-state index contributed by atoms with van der Waals surface area (Å²) in [7, 11) is 0. The van der Waals surface area contributed by atoms with Crippen LogP contribution in [0.15, 0.2) is 40.6 Å². The zero-order valence-electron chi connectivity index (χ0n) is 14.6. The number of nitrogens with zero attached hydrogens (tertiary/aromatic N) is 4. The zero-order valence-corrected chi connectivity index (χ0v) is 15.5. The molecule has 2 aliphatic heterocycles. The Balaban J connectivity index is 1.39. The minimum absolute atomic E-state index is 0.102. The molecule has 0 unspecified atom stereocenters. The number of hydrogen-bond acceptors (Lipinski definition) is 7. The Morgan fingerprint density at radius 2 is 2.08 bits per heavy atom. The standard InChI is InChI=1S/C18H22FN5OS/c1-12-17(20)18(11-25-12)3-6-24(7-4-18)15-9-23-16(10-22-15)26-13-2-5-21-14(19)8-13/h2,5,8-10,12,17H,3-4,6-7,11,20H2,1H3/t12-,17+/m0/s1. The Bertz CT molecular complexity index is 766. The minimum Gasteiger partial charge on any atom is -0.376 e. The summed E-state index contributed by atoms with van der Waals surface area (Å²) in [6.45, 7) is 4.62. The summed E-state index contributed by atoms with van der Waals surface area (Å²) in [5, 5.41) is 0.730. The summed E-state index contributed by atoms with van der Waals surface area (Å²) >= 11 is 1.37. The number of aromatic nitrogens is 3. The van der Waals surface area contributed by atoms with Gasteiger partial charge in [-0.15, -0.1) is 0 Å². The minimum atomic E-state index is -0.495. The van der Waals surface area contributed by atoms with E-state index in [-0.39, 0.29) is 17.6 Å². The number of rotatable bonds is 3. The number of nitrogens with two attached hydrogens (primary N) is 1. The van der Waals surface area contributed by atoms with Gasteiger partial charge in [0.1, 0.15) is 10.8 Å². The fourth-order valence-corrected chi connectivity index (χ4v) is 4.49. The number of halogens is 1. The van der Waals surface area contributed by atoms with Gasteiger partial charge < -0.3 is 15.4 Å². The highest BCUT2D eigenvalue weighted by atomic mass is 32.2. The largest absolute Gasteiger partial charge is 0.376 e. The van der Waals surface area contributed by atoms with Crippen LogP contribution < -0.4 is 10.6 Å². The molecule has 138 valence electrons. The summed E-state index contributed by atoms with van der Waals surface area (Å²) in [4.78, 5) is 15.6. The van der Waals surface area contributed by atoms with Crippen LogP contribution in [0.1, 0.15) is 19.8 Å². The van der Waals surface area contributed by atoms with Crippen molar-refractivity contribution in [2.24, 2.45) is 11.1 Å². The van der Waals surface area contributed by atoms with Gasteiger partial charge in [0.25, 0.3) is 0 Å². The monoisotopic (exact) mass is 375 g/mol. The molecule has 26 heavy (non-hydrogen) atoms. The first-order chi connectivity index (χ1) is 12.6. The lowest BCUT2D eigenvalue weighted by atomic mass is 9.73. The second-order valence-corrected chi connectivity index (χ2v) is 8.11. The van der Waals surface area contributed by atoms with Crippen molar-refractivity contribution in [2.45, 2.75) is 41.8 Å². The normalized spacial score (nSPS) is 25.0. The van der Waals surface area contributed by atoms with Crippen molar-refractivity contribution in [1.82, 2.24) is 15.0 Å². The third-order valence-corrected chi connectivity index (χ3v) is 6.37. The summed E-state index contributed by atoms with van der Waals surface area (Å²) in [6.07, 6.45) is 7.11. The predicted octanol–water partition coefficient (Wildman–Crippen LogP) is 2.49. The molecule has 2 saturated heterocycles. The lowest BCUT2D eigenvalue weighted by Gasteiger charge is -2.41. The second-order valence-electron chi connectivity index (χ2n) is 7.02. The molecule has 2 fully saturated rings. The van der Waals surface area contributed by atoms with Crippen LogP contribution in [-0.2, 0) is 4.74 Å². The van der Waals surface area contributed by atoms with Gasteiger partial charge in [0.2, 0.25) is 5.95 Å². The van der Waals surface area contributed by atoms with Crippen molar-refractivity contribution in [2.75, 3.05) is 24.6 Å². The van der Waals surface area contributed by atoms with E-state index < -0.39 is 5.95 Å². The van der Waals surface area contributed by atoms with Crippen LogP contribution in [0, 0.1) is 11.4 Å². The van der Waals surface area contributed by atoms with Gasteiger partial charge in [-0.1, -0.05) is 11.8 Å².